The van der Waals surface area contributed by atoms with Gasteiger partial charge < -0.3 is 30.6 Å². The lowest BCUT2D eigenvalue weighted by Crippen LogP contribution is -2.32. The summed E-state index contributed by atoms with van der Waals surface area (Å²) in [4.78, 5) is 20.5. The average Bonchev–Trinajstić information content (AvgIpc) is 3.53. The average molecular weight is 411 g/mol. The SMILES string of the molecule is COCC1(CNC(=O)c2ccc(N/C(O)=C(\C=N)c3ccnc(OC)c3)nc2)CC1. The van der Waals surface area contributed by atoms with Gasteiger partial charge in [0.2, 0.25) is 5.88 Å². The Kier molecular flexibility index (Phi) is 6.63. The van der Waals surface area contributed by atoms with Crippen molar-refractivity contribution in [1.29, 1.82) is 5.41 Å². The molecule has 2 aromatic heterocycles. The molecule has 1 aliphatic carbocycles. The van der Waals surface area contributed by atoms with Gasteiger partial charge in [0.1, 0.15) is 5.82 Å². The topological polar surface area (TPSA) is 129 Å². The van der Waals surface area contributed by atoms with Crippen molar-refractivity contribution in [2.45, 2.75) is 12.8 Å². The van der Waals surface area contributed by atoms with Crippen LogP contribution in [0.1, 0.15) is 28.8 Å². The Morgan fingerprint density at radius 1 is 1.27 bits per heavy atom. The largest absolute Gasteiger partial charge is 0.494 e. The number of hydrogen-bond donors (Lipinski definition) is 4. The Hall–Kier alpha value is -3.46. The highest BCUT2D eigenvalue weighted by atomic mass is 16.5. The van der Waals surface area contributed by atoms with E-state index in [2.05, 4.69) is 20.6 Å². The number of allylic oxidation sites excluding steroid dienone is 1. The Morgan fingerprint density at radius 2 is 2.07 bits per heavy atom. The van der Waals surface area contributed by atoms with Gasteiger partial charge in [0, 0.05) is 43.7 Å². The number of aromatic nitrogens is 2. The van der Waals surface area contributed by atoms with E-state index in [1.807, 2.05) is 0 Å². The number of aliphatic hydroxyl groups is 1. The standard InChI is InChI=1S/C21H25N5O4/c1-29-13-21(6-7-21)12-25-19(27)15-3-4-17(24-11-15)26-20(28)16(10-22)14-5-8-23-18(9-14)30-2/h3-5,8-11,22,28H,6-7,12-13H2,1-2H3,(H,24,26)(H,25,27)/b20-16-,22-10?. The van der Waals surface area contributed by atoms with Crippen LogP contribution in [0.4, 0.5) is 5.82 Å². The van der Waals surface area contributed by atoms with E-state index in [0.29, 0.717) is 36.0 Å². The van der Waals surface area contributed by atoms with Crippen molar-refractivity contribution in [3.8, 4) is 5.88 Å². The van der Waals surface area contributed by atoms with Crippen LogP contribution in [-0.2, 0) is 4.74 Å². The van der Waals surface area contributed by atoms with E-state index >= 15 is 0 Å². The maximum Gasteiger partial charge on any atom is 0.252 e. The van der Waals surface area contributed by atoms with E-state index in [1.54, 1.807) is 31.4 Å². The third-order valence-corrected chi connectivity index (χ3v) is 4.96. The predicted octanol–water partition coefficient (Wildman–Crippen LogP) is 2.63. The van der Waals surface area contributed by atoms with E-state index in [9.17, 15) is 9.90 Å². The van der Waals surface area contributed by atoms with E-state index in [0.717, 1.165) is 19.1 Å². The van der Waals surface area contributed by atoms with Crippen LogP contribution in [0.3, 0.4) is 0 Å². The van der Waals surface area contributed by atoms with Crippen molar-refractivity contribution in [2.24, 2.45) is 5.41 Å². The molecule has 9 nitrogen and oxygen atoms in total. The van der Waals surface area contributed by atoms with Gasteiger partial charge in [-0.15, -0.1) is 0 Å². The second kappa shape index (κ2) is 9.36. The monoisotopic (exact) mass is 411 g/mol. The van der Waals surface area contributed by atoms with Gasteiger partial charge >= 0.3 is 0 Å². The zero-order valence-corrected chi connectivity index (χ0v) is 16.9. The summed E-state index contributed by atoms with van der Waals surface area (Å²) < 4.78 is 10.3. The lowest BCUT2D eigenvalue weighted by molar-refractivity contribution is 0.0919. The number of aliphatic hydroxyl groups excluding tert-OH is 1. The van der Waals surface area contributed by atoms with Gasteiger partial charge in [0.05, 0.1) is 24.9 Å². The molecular formula is C21H25N5O4. The molecule has 0 saturated heterocycles. The Morgan fingerprint density at radius 3 is 2.67 bits per heavy atom. The molecule has 0 bridgehead atoms. The van der Waals surface area contributed by atoms with Crippen LogP contribution in [0.25, 0.3) is 5.57 Å². The molecule has 0 radical (unpaired) electrons. The highest BCUT2D eigenvalue weighted by Gasteiger charge is 2.42. The molecule has 3 rings (SSSR count). The van der Waals surface area contributed by atoms with Crippen LogP contribution in [0.2, 0.25) is 0 Å². The summed E-state index contributed by atoms with van der Waals surface area (Å²) in [5.74, 6) is 0.243. The summed E-state index contributed by atoms with van der Waals surface area (Å²) >= 11 is 0. The molecule has 0 unspecified atom stereocenters. The predicted molar refractivity (Wildman–Crippen MR) is 113 cm³/mol. The first kappa shape index (κ1) is 21.3. The highest BCUT2D eigenvalue weighted by Crippen LogP contribution is 2.45. The van der Waals surface area contributed by atoms with Crippen LogP contribution in [0.5, 0.6) is 5.88 Å². The van der Waals surface area contributed by atoms with Crippen LogP contribution >= 0.6 is 0 Å². The molecule has 2 aromatic rings. The normalized spacial score (nSPS) is 15.0. The number of nitrogens with zero attached hydrogens (tertiary/aromatic N) is 2. The quantitative estimate of drug-likeness (QED) is 0.349. The third-order valence-electron chi connectivity index (χ3n) is 4.96. The summed E-state index contributed by atoms with van der Waals surface area (Å²) in [7, 11) is 3.15. The van der Waals surface area contributed by atoms with E-state index in [4.69, 9.17) is 14.9 Å². The van der Waals surface area contributed by atoms with Gasteiger partial charge in [-0.05, 0) is 36.6 Å². The first-order chi connectivity index (χ1) is 14.5. The maximum absolute atomic E-state index is 12.3. The van der Waals surface area contributed by atoms with E-state index in [1.165, 1.54) is 19.5 Å². The Bertz CT molecular complexity index is 939. The molecule has 1 saturated carbocycles. The van der Waals surface area contributed by atoms with Crippen molar-refractivity contribution in [3.05, 3.63) is 53.7 Å². The smallest absolute Gasteiger partial charge is 0.252 e. The zero-order chi connectivity index (χ0) is 21.6. The number of carbonyl (C=O) groups is 1. The maximum atomic E-state index is 12.3. The minimum atomic E-state index is -0.252. The third kappa shape index (κ3) is 5.12. The van der Waals surface area contributed by atoms with Crippen LogP contribution in [-0.4, -0.2) is 54.6 Å². The van der Waals surface area contributed by atoms with Gasteiger partial charge in [-0.25, -0.2) is 9.97 Å². The number of ether oxygens (including phenoxy) is 2. The first-order valence-electron chi connectivity index (χ1n) is 9.44. The Balaban J connectivity index is 1.65. The molecule has 0 atom stereocenters. The van der Waals surface area contributed by atoms with Crippen LogP contribution in [0, 0.1) is 10.8 Å². The molecule has 4 N–H and O–H groups in total. The Labute approximate surface area is 174 Å². The molecule has 1 amide bonds. The lowest BCUT2D eigenvalue weighted by atomic mass is 10.1. The number of nitrogens with one attached hydrogen (secondary N) is 3. The number of pyridine rings is 2. The van der Waals surface area contributed by atoms with Crippen molar-refractivity contribution < 1.29 is 19.4 Å². The molecule has 1 aliphatic rings. The highest BCUT2D eigenvalue weighted by molar-refractivity contribution is 6.09. The molecule has 30 heavy (non-hydrogen) atoms. The van der Waals surface area contributed by atoms with Crippen molar-refractivity contribution in [3.63, 3.8) is 0 Å². The summed E-state index contributed by atoms with van der Waals surface area (Å²) in [5.41, 5.74) is 1.29. The fourth-order valence-electron chi connectivity index (χ4n) is 2.99. The molecule has 0 aromatic carbocycles. The van der Waals surface area contributed by atoms with Gasteiger partial charge in [0.15, 0.2) is 5.88 Å². The number of anilines is 1. The van der Waals surface area contributed by atoms with Crippen LogP contribution in [0.15, 0.2) is 42.5 Å². The zero-order valence-electron chi connectivity index (χ0n) is 16.9. The van der Waals surface area contributed by atoms with Crippen molar-refractivity contribution in [2.75, 3.05) is 32.7 Å². The minimum Gasteiger partial charge on any atom is -0.494 e. The van der Waals surface area contributed by atoms with Gasteiger partial charge in [-0.2, -0.15) is 0 Å². The molecule has 9 heteroatoms. The first-order valence-corrected chi connectivity index (χ1v) is 9.44. The number of hydrogen-bond acceptors (Lipinski definition) is 8. The molecule has 1 fully saturated rings. The van der Waals surface area contributed by atoms with E-state index in [-0.39, 0.29) is 22.8 Å². The summed E-state index contributed by atoms with van der Waals surface area (Å²) in [6, 6.07) is 6.46. The fourth-order valence-corrected chi connectivity index (χ4v) is 2.99. The number of methoxy groups -OCH3 is 2. The summed E-state index contributed by atoms with van der Waals surface area (Å²) in [6.45, 7) is 1.21. The van der Waals surface area contributed by atoms with Gasteiger partial charge in [-0.3, -0.25) is 4.79 Å². The molecule has 0 aliphatic heterocycles. The van der Waals surface area contributed by atoms with Gasteiger partial charge in [-0.1, -0.05) is 0 Å². The number of rotatable bonds is 10. The molecular weight excluding hydrogens is 386 g/mol. The molecule has 2 heterocycles. The summed E-state index contributed by atoms with van der Waals surface area (Å²) in [6.07, 6.45) is 6.07. The summed E-state index contributed by atoms with van der Waals surface area (Å²) in [5, 5.41) is 23.7. The van der Waals surface area contributed by atoms with Crippen molar-refractivity contribution in [1.82, 2.24) is 15.3 Å². The van der Waals surface area contributed by atoms with E-state index < -0.39 is 0 Å². The fraction of sp³-hybridized carbons (Fsp3) is 0.333. The number of carbonyl (C=O) groups excluding carboxylic acids is 1. The minimum absolute atomic E-state index is 0.0642. The molecule has 0 spiro atoms. The molecule has 158 valence electrons. The van der Waals surface area contributed by atoms with Crippen molar-refractivity contribution >= 4 is 23.5 Å². The van der Waals surface area contributed by atoms with Gasteiger partial charge in [0.25, 0.3) is 5.91 Å². The second-order valence-electron chi connectivity index (χ2n) is 7.17. The lowest BCUT2D eigenvalue weighted by Gasteiger charge is -2.15. The van der Waals surface area contributed by atoms with Crippen LogP contribution < -0.4 is 15.4 Å². The number of amides is 1. The second-order valence-corrected chi connectivity index (χ2v) is 7.17.